The Morgan fingerprint density at radius 2 is 0.873 bits per heavy atom. The van der Waals surface area contributed by atoms with E-state index in [1.165, 1.54) is 6.07 Å². The van der Waals surface area contributed by atoms with E-state index in [0.717, 1.165) is 66.0 Å². The molecule has 7 nitrogen and oxygen atoms in total. The molecule has 0 atom stereocenters. The smallest absolute Gasteiger partial charge is 0.309 e. The highest BCUT2D eigenvalue weighted by Crippen LogP contribution is 2.46. The van der Waals surface area contributed by atoms with Crippen molar-refractivity contribution in [3.8, 4) is 62.6 Å². The summed E-state index contributed by atoms with van der Waals surface area (Å²) in [4.78, 5) is 8.31. The highest BCUT2D eigenvalue weighted by Gasteiger charge is 2.35. The van der Waals surface area contributed by atoms with Gasteiger partial charge in [-0.3, -0.25) is 9.97 Å². The summed E-state index contributed by atoms with van der Waals surface area (Å²) < 4.78 is 53.5. The summed E-state index contributed by atoms with van der Waals surface area (Å²) in [5, 5.41) is 26.1. The minimum absolute atomic E-state index is 0.00459. The Bertz CT molecular complexity index is 4360. The second kappa shape index (κ2) is 15.9. The van der Waals surface area contributed by atoms with E-state index in [2.05, 4.69) is 61.6 Å². The number of nitriles is 2. The van der Waals surface area contributed by atoms with Crippen molar-refractivity contribution in [2.45, 2.75) is 6.18 Å². The third-order valence-corrected chi connectivity index (χ3v) is 13.8. The van der Waals surface area contributed by atoms with Gasteiger partial charge in [0.05, 0.1) is 67.6 Å². The molecule has 0 saturated heterocycles. The van der Waals surface area contributed by atoms with Gasteiger partial charge in [0.15, 0.2) is 0 Å². The molecule has 0 spiro atoms. The molecule has 5 heterocycles. The number of aromatic nitrogens is 5. The molecule has 0 saturated carbocycles. The van der Waals surface area contributed by atoms with Crippen molar-refractivity contribution in [3.05, 3.63) is 223 Å². The van der Waals surface area contributed by atoms with Crippen LogP contribution in [0.1, 0.15) is 16.7 Å². The molecular formula is C61H34F3N7. The maximum Gasteiger partial charge on any atom is 0.417 e. The van der Waals surface area contributed by atoms with Crippen molar-refractivity contribution in [2.24, 2.45) is 0 Å². The van der Waals surface area contributed by atoms with Crippen molar-refractivity contribution < 1.29 is 13.2 Å². The molecular weight excluding hydrogens is 888 g/mol. The number of benzene rings is 8. The van der Waals surface area contributed by atoms with E-state index in [1.54, 1.807) is 43.0 Å². The standard InChI is InChI=1S/C61H34F3N7/c62-61(63,64)53-33-52-48-10-3-4-12-54(48)69(42-17-20-44(40(30-42)35-65)37-22-26-67-27-23-37)59(52)34-51(53)39-16-19-49-50-11-7-15-57(71-55-13-5-1-8-46(55)47-9-2-6-14-56(47)71)60(50)70(58(49)32-39)43-18-21-45(41(31-43)36-66)38-24-28-68-29-25-38/h1-34H. The Morgan fingerprint density at radius 3 is 1.44 bits per heavy atom. The number of fused-ring (bicyclic) bond motifs is 9. The highest BCUT2D eigenvalue weighted by molar-refractivity contribution is 6.16. The third kappa shape index (κ3) is 6.43. The molecule has 0 radical (unpaired) electrons. The zero-order chi connectivity index (χ0) is 48.0. The van der Waals surface area contributed by atoms with Crippen LogP contribution in [0.5, 0.6) is 0 Å². The van der Waals surface area contributed by atoms with Crippen LogP contribution in [0.2, 0.25) is 0 Å². The molecule has 0 aliphatic carbocycles. The lowest BCUT2D eigenvalue weighted by molar-refractivity contribution is -0.137. The highest BCUT2D eigenvalue weighted by atomic mass is 19.4. The first-order valence-electron chi connectivity index (χ1n) is 22.9. The largest absolute Gasteiger partial charge is 0.417 e. The Labute approximate surface area is 403 Å². The number of nitrogens with zero attached hydrogens (tertiary/aromatic N) is 7. The lowest BCUT2D eigenvalue weighted by Crippen LogP contribution is -2.08. The summed E-state index contributed by atoms with van der Waals surface area (Å²) in [6, 6.07) is 61.9. The van der Waals surface area contributed by atoms with Crippen molar-refractivity contribution in [1.29, 1.82) is 10.5 Å². The summed E-state index contributed by atoms with van der Waals surface area (Å²) >= 11 is 0. The van der Waals surface area contributed by atoms with Crippen molar-refractivity contribution in [1.82, 2.24) is 23.7 Å². The van der Waals surface area contributed by atoms with Gasteiger partial charge in [0.1, 0.15) is 0 Å². The third-order valence-electron chi connectivity index (χ3n) is 13.8. The zero-order valence-corrected chi connectivity index (χ0v) is 37.4. The van der Waals surface area contributed by atoms with E-state index in [1.807, 2.05) is 132 Å². The first-order chi connectivity index (χ1) is 34.8. The fourth-order valence-corrected chi connectivity index (χ4v) is 10.7. The molecule has 334 valence electrons. The number of rotatable bonds is 6. The van der Waals surface area contributed by atoms with E-state index in [0.29, 0.717) is 55.4 Å². The topological polar surface area (TPSA) is 88.1 Å². The van der Waals surface area contributed by atoms with Gasteiger partial charge in [0, 0.05) is 68.5 Å². The number of halogens is 3. The van der Waals surface area contributed by atoms with E-state index in [4.69, 9.17) is 0 Å². The number of pyridine rings is 2. The van der Waals surface area contributed by atoms with E-state index >= 15 is 13.2 Å². The molecule has 5 aromatic heterocycles. The fraction of sp³-hybridized carbons (Fsp3) is 0.0164. The van der Waals surface area contributed by atoms with Gasteiger partial charge in [-0.1, -0.05) is 91.0 Å². The first-order valence-corrected chi connectivity index (χ1v) is 22.9. The average Bonchev–Trinajstić information content (AvgIpc) is 4.06. The Hall–Kier alpha value is -9.77. The van der Waals surface area contributed by atoms with Crippen LogP contribution < -0.4 is 0 Å². The number of alkyl halides is 3. The molecule has 0 amide bonds. The predicted octanol–water partition coefficient (Wildman–Crippen LogP) is 15.5. The molecule has 0 fully saturated rings. The van der Waals surface area contributed by atoms with E-state index in [-0.39, 0.29) is 5.56 Å². The van der Waals surface area contributed by atoms with Crippen LogP contribution in [-0.2, 0) is 6.18 Å². The maximum absolute atomic E-state index is 15.8. The van der Waals surface area contributed by atoms with Gasteiger partial charge in [-0.15, -0.1) is 0 Å². The number of hydrogen-bond donors (Lipinski definition) is 0. The normalized spacial score (nSPS) is 11.8. The first kappa shape index (κ1) is 41.4. The van der Waals surface area contributed by atoms with Crippen LogP contribution >= 0.6 is 0 Å². The molecule has 0 aliphatic heterocycles. The molecule has 8 aromatic carbocycles. The van der Waals surface area contributed by atoms with Crippen LogP contribution in [0.25, 0.3) is 116 Å². The second-order valence-electron chi connectivity index (χ2n) is 17.5. The molecule has 71 heavy (non-hydrogen) atoms. The minimum Gasteiger partial charge on any atom is -0.309 e. The molecule has 0 bridgehead atoms. The van der Waals surface area contributed by atoms with E-state index in [9.17, 15) is 10.5 Å². The summed E-state index contributed by atoms with van der Waals surface area (Å²) in [5.74, 6) is 0. The SMILES string of the molecule is N#Cc1cc(-n2c3ccccc3c3cc(C(F)(F)F)c(-c4ccc5c6cccc(-n7c8ccccc8c8ccccc87)c6n(-c6ccc(-c7ccncc7)c(C#N)c6)c5c4)cc32)ccc1-c1ccncc1. The van der Waals surface area contributed by atoms with Crippen molar-refractivity contribution in [3.63, 3.8) is 0 Å². The monoisotopic (exact) mass is 921 g/mol. The fourth-order valence-electron chi connectivity index (χ4n) is 10.7. The van der Waals surface area contributed by atoms with Crippen molar-refractivity contribution >= 4 is 65.4 Å². The molecule has 10 heteroatoms. The van der Waals surface area contributed by atoms with Gasteiger partial charge < -0.3 is 13.7 Å². The molecule has 13 aromatic rings. The summed E-state index contributed by atoms with van der Waals surface area (Å²) in [6.45, 7) is 0. The van der Waals surface area contributed by atoms with Crippen LogP contribution in [0.3, 0.4) is 0 Å². The predicted molar refractivity (Wildman–Crippen MR) is 276 cm³/mol. The van der Waals surface area contributed by atoms with Crippen molar-refractivity contribution in [2.75, 3.05) is 0 Å². The van der Waals surface area contributed by atoms with Crippen LogP contribution in [0.15, 0.2) is 207 Å². The summed E-state index contributed by atoms with van der Waals surface area (Å²) in [5.41, 5.74) is 10.4. The Balaban J connectivity index is 1.10. The van der Waals surface area contributed by atoms with Gasteiger partial charge in [-0.25, -0.2) is 0 Å². The molecule has 0 N–H and O–H groups in total. The summed E-state index contributed by atoms with van der Waals surface area (Å²) in [6.07, 6.45) is 1.98. The van der Waals surface area contributed by atoms with Gasteiger partial charge in [-0.2, -0.15) is 23.7 Å². The lowest BCUT2D eigenvalue weighted by atomic mass is 9.95. The minimum atomic E-state index is -4.73. The summed E-state index contributed by atoms with van der Waals surface area (Å²) in [7, 11) is 0. The molecule has 13 rings (SSSR count). The number of para-hydroxylation sites is 4. The maximum atomic E-state index is 15.8. The quantitative estimate of drug-likeness (QED) is 0.166. The second-order valence-corrected chi connectivity index (χ2v) is 17.5. The van der Waals surface area contributed by atoms with Gasteiger partial charge in [0.25, 0.3) is 0 Å². The Kier molecular flexibility index (Phi) is 9.28. The lowest BCUT2D eigenvalue weighted by Gasteiger charge is -2.17. The van der Waals surface area contributed by atoms with Gasteiger partial charge in [-0.05, 0) is 124 Å². The van der Waals surface area contributed by atoms with Gasteiger partial charge >= 0.3 is 6.18 Å². The van der Waals surface area contributed by atoms with E-state index < -0.39 is 11.7 Å². The average molecular weight is 922 g/mol. The molecule has 0 aliphatic rings. The number of hydrogen-bond acceptors (Lipinski definition) is 4. The van der Waals surface area contributed by atoms with Crippen LogP contribution in [-0.4, -0.2) is 23.7 Å². The van der Waals surface area contributed by atoms with Gasteiger partial charge in [0.2, 0.25) is 0 Å². The molecule has 0 unspecified atom stereocenters. The van der Waals surface area contributed by atoms with Crippen LogP contribution in [0, 0.1) is 22.7 Å². The van der Waals surface area contributed by atoms with Crippen LogP contribution in [0.4, 0.5) is 13.2 Å². The Morgan fingerprint density at radius 1 is 0.380 bits per heavy atom. The zero-order valence-electron chi connectivity index (χ0n) is 37.4.